The lowest BCUT2D eigenvalue weighted by Crippen LogP contribution is -2.16. The zero-order valence-electron chi connectivity index (χ0n) is 8.56. The van der Waals surface area contributed by atoms with Crippen molar-refractivity contribution in [2.24, 2.45) is 5.92 Å². The molecule has 0 saturated carbocycles. The minimum absolute atomic E-state index is 0.00787. The molecule has 0 amide bonds. The van der Waals surface area contributed by atoms with Crippen molar-refractivity contribution in [2.75, 3.05) is 0 Å². The van der Waals surface area contributed by atoms with Crippen LogP contribution in [-0.2, 0) is 4.79 Å². The Balaban J connectivity index is 2.94. The zero-order valence-corrected chi connectivity index (χ0v) is 8.56. The normalized spacial score (nSPS) is 10.1. The van der Waals surface area contributed by atoms with Gasteiger partial charge in [0.15, 0.2) is 0 Å². The molecule has 0 aliphatic heterocycles. The summed E-state index contributed by atoms with van der Waals surface area (Å²) in [6.07, 6.45) is 0. The van der Waals surface area contributed by atoms with Gasteiger partial charge in [-0.2, -0.15) is 0 Å². The van der Waals surface area contributed by atoms with Gasteiger partial charge in [-0.1, -0.05) is 26.0 Å². The Labute approximate surface area is 87.5 Å². The Hall–Kier alpha value is -1.84. The molecule has 4 nitrogen and oxygen atoms in total. The highest BCUT2D eigenvalue weighted by Crippen LogP contribution is 2.18. The SMILES string of the molecule is CC(C)C(=O)Oc1ccccc1C(=O)O. The van der Waals surface area contributed by atoms with E-state index < -0.39 is 11.9 Å². The molecule has 0 saturated heterocycles. The number of esters is 1. The van der Waals surface area contributed by atoms with Crippen LogP contribution in [0.15, 0.2) is 24.3 Å². The van der Waals surface area contributed by atoms with Crippen molar-refractivity contribution in [2.45, 2.75) is 13.8 Å². The summed E-state index contributed by atoms with van der Waals surface area (Å²) < 4.78 is 4.95. The topological polar surface area (TPSA) is 63.6 Å². The largest absolute Gasteiger partial charge is 0.478 e. The standard InChI is InChI=1S/C11H12O4/c1-7(2)11(14)15-9-6-4-3-5-8(9)10(12)13/h3-7H,1-2H3,(H,12,13). The minimum Gasteiger partial charge on any atom is -0.478 e. The summed E-state index contributed by atoms with van der Waals surface area (Å²) >= 11 is 0. The summed E-state index contributed by atoms with van der Waals surface area (Å²) in [6.45, 7) is 3.37. The molecule has 4 heteroatoms. The van der Waals surface area contributed by atoms with Gasteiger partial charge in [0.05, 0.1) is 5.92 Å². The van der Waals surface area contributed by atoms with E-state index in [0.717, 1.165) is 0 Å². The first-order chi connectivity index (χ1) is 7.02. The van der Waals surface area contributed by atoms with Gasteiger partial charge in [-0.15, -0.1) is 0 Å². The van der Waals surface area contributed by atoms with Crippen LogP contribution in [-0.4, -0.2) is 17.0 Å². The van der Waals surface area contributed by atoms with Crippen LogP contribution in [0.5, 0.6) is 5.75 Å². The summed E-state index contributed by atoms with van der Waals surface area (Å²) in [5, 5.41) is 8.83. The number of ether oxygens (including phenoxy) is 1. The molecule has 0 radical (unpaired) electrons. The number of benzene rings is 1. The average molecular weight is 208 g/mol. The van der Waals surface area contributed by atoms with Gasteiger partial charge in [-0.05, 0) is 12.1 Å². The van der Waals surface area contributed by atoms with Crippen molar-refractivity contribution in [3.8, 4) is 5.75 Å². The fourth-order valence-electron chi connectivity index (χ4n) is 0.959. The van der Waals surface area contributed by atoms with E-state index in [9.17, 15) is 9.59 Å². The van der Waals surface area contributed by atoms with Crippen LogP contribution in [0.4, 0.5) is 0 Å². The van der Waals surface area contributed by atoms with E-state index in [4.69, 9.17) is 9.84 Å². The van der Waals surface area contributed by atoms with E-state index in [1.165, 1.54) is 12.1 Å². The third-order valence-electron chi connectivity index (χ3n) is 1.80. The molecule has 80 valence electrons. The highest BCUT2D eigenvalue weighted by atomic mass is 16.5. The predicted octanol–water partition coefficient (Wildman–Crippen LogP) is 1.95. The summed E-state index contributed by atoms with van der Waals surface area (Å²) in [5.74, 6) is -1.75. The summed E-state index contributed by atoms with van der Waals surface area (Å²) in [4.78, 5) is 22.1. The van der Waals surface area contributed by atoms with E-state index in [1.54, 1.807) is 26.0 Å². The van der Waals surface area contributed by atoms with Crippen molar-refractivity contribution >= 4 is 11.9 Å². The molecule has 0 aromatic heterocycles. The smallest absolute Gasteiger partial charge is 0.339 e. The second-order valence-corrected chi connectivity index (χ2v) is 3.38. The maximum absolute atomic E-state index is 11.3. The summed E-state index contributed by atoms with van der Waals surface area (Å²) in [6, 6.07) is 6.06. The molecular formula is C11H12O4. The molecule has 0 spiro atoms. The van der Waals surface area contributed by atoms with Crippen LogP contribution < -0.4 is 4.74 Å². The Morgan fingerprint density at radius 3 is 2.40 bits per heavy atom. The Morgan fingerprint density at radius 2 is 1.87 bits per heavy atom. The lowest BCUT2D eigenvalue weighted by atomic mass is 10.2. The fourth-order valence-corrected chi connectivity index (χ4v) is 0.959. The molecule has 0 bridgehead atoms. The molecule has 0 fully saturated rings. The lowest BCUT2D eigenvalue weighted by molar-refractivity contribution is -0.137. The maximum atomic E-state index is 11.3. The molecular weight excluding hydrogens is 196 g/mol. The number of aromatic carboxylic acids is 1. The molecule has 0 aliphatic rings. The lowest BCUT2D eigenvalue weighted by Gasteiger charge is -2.08. The van der Waals surface area contributed by atoms with Crippen LogP contribution in [0.2, 0.25) is 0 Å². The molecule has 1 rings (SSSR count). The molecule has 0 atom stereocenters. The van der Waals surface area contributed by atoms with E-state index in [0.29, 0.717) is 0 Å². The van der Waals surface area contributed by atoms with E-state index in [2.05, 4.69) is 0 Å². The summed E-state index contributed by atoms with van der Waals surface area (Å²) in [5.41, 5.74) is -0.00787. The number of hydrogen-bond donors (Lipinski definition) is 1. The second-order valence-electron chi connectivity index (χ2n) is 3.38. The van der Waals surface area contributed by atoms with Crippen molar-refractivity contribution in [3.63, 3.8) is 0 Å². The van der Waals surface area contributed by atoms with Gasteiger partial charge in [0.2, 0.25) is 0 Å². The van der Waals surface area contributed by atoms with Gasteiger partial charge in [-0.25, -0.2) is 4.79 Å². The van der Waals surface area contributed by atoms with E-state index in [1.807, 2.05) is 0 Å². The van der Waals surface area contributed by atoms with Crippen LogP contribution >= 0.6 is 0 Å². The molecule has 0 unspecified atom stereocenters. The Morgan fingerprint density at radius 1 is 1.27 bits per heavy atom. The van der Waals surface area contributed by atoms with Crippen molar-refractivity contribution in [1.29, 1.82) is 0 Å². The molecule has 1 aromatic carbocycles. The highest BCUT2D eigenvalue weighted by molar-refractivity contribution is 5.92. The number of carbonyl (C=O) groups excluding carboxylic acids is 1. The second kappa shape index (κ2) is 4.59. The third kappa shape index (κ3) is 2.80. The third-order valence-corrected chi connectivity index (χ3v) is 1.80. The number of rotatable bonds is 3. The van der Waals surface area contributed by atoms with Gasteiger partial charge in [0, 0.05) is 0 Å². The Kier molecular flexibility index (Phi) is 3.44. The number of para-hydroxylation sites is 1. The van der Waals surface area contributed by atoms with E-state index in [-0.39, 0.29) is 17.2 Å². The van der Waals surface area contributed by atoms with Gasteiger partial charge < -0.3 is 9.84 Å². The first kappa shape index (κ1) is 11.2. The fraction of sp³-hybridized carbons (Fsp3) is 0.273. The quantitative estimate of drug-likeness (QED) is 0.609. The molecule has 0 heterocycles. The molecule has 15 heavy (non-hydrogen) atoms. The van der Waals surface area contributed by atoms with Crippen molar-refractivity contribution in [3.05, 3.63) is 29.8 Å². The number of carbonyl (C=O) groups is 2. The minimum atomic E-state index is -1.11. The number of carboxylic acid groups (broad SMARTS) is 1. The van der Waals surface area contributed by atoms with Crippen molar-refractivity contribution < 1.29 is 19.4 Å². The van der Waals surface area contributed by atoms with Crippen LogP contribution in [0.3, 0.4) is 0 Å². The molecule has 1 aromatic rings. The van der Waals surface area contributed by atoms with Crippen LogP contribution in [0, 0.1) is 5.92 Å². The van der Waals surface area contributed by atoms with Crippen LogP contribution in [0.1, 0.15) is 24.2 Å². The van der Waals surface area contributed by atoms with Crippen molar-refractivity contribution in [1.82, 2.24) is 0 Å². The summed E-state index contributed by atoms with van der Waals surface area (Å²) in [7, 11) is 0. The predicted molar refractivity (Wildman–Crippen MR) is 53.9 cm³/mol. The molecule has 1 N–H and O–H groups in total. The van der Waals surface area contributed by atoms with Gasteiger partial charge in [0.1, 0.15) is 11.3 Å². The zero-order chi connectivity index (χ0) is 11.4. The first-order valence-electron chi connectivity index (χ1n) is 4.56. The average Bonchev–Trinajstić information content (AvgIpc) is 2.18. The monoisotopic (exact) mass is 208 g/mol. The first-order valence-corrected chi connectivity index (χ1v) is 4.56. The van der Waals surface area contributed by atoms with Gasteiger partial charge >= 0.3 is 11.9 Å². The van der Waals surface area contributed by atoms with Gasteiger partial charge in [0.25, 0.3) is 0 Å². The van der Waals surface area contributed by atoms with Gasteiger partial charge in [-0.3, -0.25) is 4.79 Å². The number of hydrogen-bond acceptors (Lipinski definition) is 3. The Bertz CT molecular complexity index is 382. The highest BCUT2D eigenvalue weighted by Gasteiger charge is 2.15. The maximum Gasteiger partial charge on any atom is 0.339 e. The van der Waals surface area contributed by atoms with Crippen LogP contribution in [0.25, 0.3) is 0 Å². The number of carboxylic acids is 1. The molecule has 0 aliphatic carbocycles. The van der Waals surface area contributed by atoms with E-state index >= 15 is 0 Å².